The van der Waals surface area contributed by atoms with Crippen LogP contribution in [0.2, 0.25) is 0 Å². The predicted molar refractivity (Wildman–Crippen MR) is 232 cm³/mol. The number of aliphatic hydroxyl groups is 4. The van der Waals surface area contributed by atoms with E-state index >= 15 is 0 Å². The van der Waals surface area contributed by atoms with Crippen LogP contribution in [0.3, 0.4) is 0 Å². The van der Waals surface area contributed by atoms with Gasteiger partial charge in [-0.05, 0) is 108 Å². The Hall–Kier alpha value is -2.49. The number of methoxy groups -OCH3 is 3. The van der Waals surface area contributed by atoms with Crippen molar-refractivity contribution in [2.45, 2.75) is 186 Å². The van der Waals surface area contributed by atoms with Gasteiger partial charge in [-0.15, -0.1) is 0 Å². The Morgan fingerprint density at radius 2 is 1.57 bits per heavy atom. The molecule has 1 saturated carbocycles. The number of amides is 1. The number of esters is 1. The molecule has 0 aromatic carbocycles. The fourth-order valence-electron chi connectivity index (χ4n) is 10.0. The number of aliphatic hydroxyl groups excluding tert-OH is 3. The number of ether oxygens (including phenoxy) is 5. The first-order chi connectivity index (χ1) is 28.8. The molecule has 3 heterocycles. The van der Waals surface area contributed by atoms with E-state index in [9.17, 15) is 34.8 Å². The molecule has 0 radical (unpaired) electrons. The van der Waals surface area contributed by atoms with Crippen molar-refractivity contribution in [1.29, 1.82) is 0 Å². The highest BCUT2D eigenvalue weighted by Gasteiger charge is 2.56. The molecule has 13 nitrogen and oxygen atoms in total. The molecule has 3 fully saturated rings. The van der Waals surface area contributed by atoms with Gasteiger partial charge in [-0.1, -0.05) is 64.5 Å². The number of Topliss-reactive ketones (excluding diaryl/α,β-unsaturated/α-hetero) is 1. The number of hydrogen-bond donors (Lipinski definition) is 4. The van der Waals surface area contributed by atoms with Gasteiger partial charge in [0.1, 0.15) is 24.0 Å². The van der Waals surface area contributed by atoms with Crippen molar-refractivity contribution in [3.63, 3.8) is 0 Å². The third kappa shape index (κ3) is 13.3. The smallest absolute Gasteiger partial charge is 0.329 e. The second kappa shape index (κ2) is 23.4. The summed E-state index contributed by atoms with van der Waals surface area (Å²) in [5.41, 5.74) is 1.68. The van der Waals surface area contributed by atoms with Gasteiger partial charge in [0.25, 0.3) is 5.91 Å². The number of nitrogens with zero attached hydrogens (tertiary/aromatic N) is 1. The van der Waals surface area contributed by atoms with E-state index in [4.69, 9.17) is 23.7 Å². The van der Waals surface area contributed by atoms with Crippen molar-refractivity contribution >= 4 is 17.7 Å². The van der Waals surface area contributed by atoms with Gasteiger partial charge in [-0.2, -0.15) is 0 Å². The number of fused-ring (bicyclic) bond motifs is 3. The maximum absolute atomic E-state index is 14.4. The van der Waals surface area contributed by atoms with Gasteiger partial charge in [-0.25, -0.2) is 4.79 Å². The maximum atomic E-state index is 14.4. The van der Waals surface area contributed by atoms with E-state index in [1.807, 2.05) is 32.1 Å². The largest absolute Gasteiger partial charge is 0.456 e. The topological polar surface area (TPSA) is 182 Å². The standard InChI is InChI=1S/C48H79NO12/c1-28(2)15-11-12-16-35-22-29(3)21-30(4)23-41(58-9)44-42(59-10)25-32(6)48(56,61-44)45(53)46(54)49-20-14-13-17-36(49)47(55)60-43(33(7)38(51)27-39(35)52)31(5)24-34-18-19-37(50)40(26-34)57-8/h11-12,22,24,28,30,32-38,40-45,50-51,53,56H,13-21,23,25-27H2,1-10H3/b12-11+,29-22+,31-24+/t30-,32+,33+,34-,35+,36-,37+,38-,40+,41-,42-,43+,44+,45?,48+/m0/s1. The molecular weight excluding hydrogens is 783 g/mol. The molecule has 1 amide bonds. The van der Waals surface area contributed by atoms with Gasteiger partial charge in [0, 0.05) is 52.0 Å². The number of hydrogen-bond acceptors (Lipinski definition) is 12. The Bertz CT molecular complexity index is 1530. The molecule has 348 valence electrons. The molecule has 2 saturated heterocycles. The predicted octanol–water partition coefficient (Wildman–Crippen LogP) is 5.85. The fraction of sp³-hybridized carbons (Fsp3) is 0.812. The molecule has 0 aromatic heterocycles. The van der Waals surface area contributed by atoms with Crippen LogP contribution in [0, 0.1) is 35.5 Å². The highest BCUT2D eigenvalue weighted by atomic mass is 16.7. The Balaban J connectivity index is 1.79. The second-order valence-electron chi connectivity index (χ2n) is 19.2. The summed E-state index contributed by atoms with van der Waals surface area (Å²) >= 11 is 0. The third-order valence-corrected chi connectivity index (χ3v) is 13.8. The monoisotopic (exact) mass is 862 g/mol. The van der Waals surface area contributed by atoms with Crippen molar-refractivity contribution < 1.29 is 58.5 Å². The van der Waals surface area contributed by atoms with Crippen LogP contribution in [0.4, 0.5) is 0 Å². The summed E-state index contributed by atoms with van der Waals surface area (Å²) in [5, 5.41) is 46.4. The zero-order valence-corrected chi connectivity index (χ0v) is 38.7. The molecule has 1 aliphatic carbocycles. The molecule has 1 unspecified atom stereocenters. The molecule has 4 N–H and O–H groups in total. The lowest BCUT2D eigenvalue weighted by Gasteiger charge is -2.49. The van der Waals surface area contributed by atoms with Crippen LogP contribution in [0.5, 0.6) is 0 Å². The maximum Gasteiger partial charge on any atom is 0.329 e. The summed E-state index contributed by atoms with van der Waals surface area (Å²) in [6, 6.07) is -1.08. The normalized spacial score (nSPS) is 40.6. The van der Waals surface area contributed by atoms with Crippen molar-refractivity contribution in [3.8, 4) is 0 Å². The van der Waals surface area contributed by atoms with Crippen LogP contribution in [0.25, 0.3) is 0 Å². The van der Waals surface area contributed by atoms with Gasteiger partial charge < -0.3 is 49.0 Å². The van der Waals surface area contributed by atoms with E-state index in [1.54, 1.807) is 35.2 Å². The van der Waals surface area contributed by atoms with Crippen LogP contribution < -0.4 is 0 Å². The number of allylic oxidation sites excluding steroid dienone is 5. The molecule has 13 heteroatoms. The zero-order chi connectivity index (χ0) is 45.2. The van der Waals surface area contributed by atoms with E-state index in [1.165, 1.54) is 4.90 Å². The van der Waals surface area contributed by atoms with E-state index in [0.29, 0.717) is 62.9 Å². The van der Waals surface area contributed by atoms with Crippen LogP contribution in [-0.2, 0) is 38.1 Å². The van der Waals surface area contributed by atoms with E-state index in [-0.39, 0.29) is 49.5 Å². The summed E-state index contributed by atoms with van der Waals surface area (Å²) in [5.74, 6) is -5.44. The quantitative estimate of drug-likeness (QED) is 0.161. The number of ketones is 1. The van der Waals surface area contributed by atoms with Gasteiger partial charge in [0.05, 0.1) is 30.5 Å². The van der Waals surface area contributed by atoms with Gasteiger partial charge in [0.15, 0.2) is 6.10 Å². The summed E-state index contributed by atoms with van der Waals surface area (Å²) in [4.78, 5) is 44.4. The number of carbonyl (C=O) groups excluding carboxylic acids is 3. The van der Waals surface area contributed by atoms with E-state index in [0.717, 1.165) is 12.0 Å². The highest BCUT2D eigenvalue weighted by Crippen LogP contribution is 2.40. The minimum atomic E-state index is -2.32. The minimum absolute atomic E-state index is 0.000970. The molecule has 4 rings (SSSR count). The number of carbonyl (C=O) groups is 3. The van der Waals surface area contributed by atoms with Crippen LogP contribution >= 0.6 is 0 Å². The zero-order valence-electron chi connectivity index (χ0n) is 38.7. The van der Waals surface area contributed by atoms with Crippen LogP contribution in [-0.4, -0.2) is 132 Å². The second-order valence-corrected chi connectivity index (χ2v) is 19.2. The molecule has 4 aliphatic rings. The summed E-state index contributed by atoms with van der Waals surface area (Å²) in [6.07, 6.45) is 6.95. The molecular formula is C48H79NO12. The number of piperidine rings is 1. The Kier molecular flexibility index (Phi) is 19.7. The van der Waals surface area contributed by atoms with Crippen molar-refractivity contribution in [2.75, 3.05) is 27.9 Å². The Morgan fingerprint density at radius 1 is 0.902 bits per heavy atom. The fourth-order valence-corrected chi connectivity index (χ4v) is 10.0. The Labute approximate surface area is 365 Å². The average Bonchev–Trinajstić information content (AvgIpc) is 3.22. The SMILES string of the molecule is CO[C@H]1C[C@@H](C)C/C(C)=C/[C@@H](C/C=C/CC(C)C)C(=O)C[C@H](O)[C@@H](C)[C@@H](/C(C)=C/[C@@H]2CC[C@@H](O)[C@H](OC)C2)OC(=O)[C@@H]2CCCCN2C(=O)C(O)[C@]2(O)O[C@H]1[C@@H](OC)C[C@H]2C. The highest BCUT2D eigenvalue weighted by molar-refractivity contribution is 5.88. The van der Waals surface area contributed by atoms with E-state index < -0.39 is 84.2 Å². The Morgan fingerprint density at radius 3 is 2.23 bits per heavy atom. The number of rotatable bonds is 9. The first kappa shape index (κ1) is 51.1. The van der Waals surface area contributed by atoms with Gasteiger partial charge in [-0.3, -0.25) is 9.59 Å². The minimum Gasteiger partial charge on any atom is -0.456 e. The molecule has 15 atom stereocenters. The van der Waals surface area contributed by atoms with Crippen molar-refractivity contribution in [2.24, 2.45) is 35.5 Å². The lowest BCUT2D eigenvalue weighted by Crippen LogP contribution is -2.66. The van der Waals surface area contributed by atoms with Crippen LogP contribution in [0.15, 0.2) is 35.5 Å². The molecule has 3 aliphatic heterocycles. The lowest BCUT2D eigenvalue weighted by atomic mass is 9.81. The van der Waals surface area contributed by atoms with Gasteiger partial charge in [0.2, 0.25) is 5.79 Å². The molecule has 61 heavy (non-hydrogen) atoms. The summed E-state index contributed by atoms with van der Waals surface area (Å²) < 4.78 is 30.2. The first-order valence-corrected chi connectivity index (χ1v) is 22.9. The molecule has 2 bridgehead atoms. The molecule has 0 spiro atoms. The van der Waals surface area contributed by atoms with Crippen molar-refractivity contribution in [1.82, 2.24) is 4.90 Å². The molecule has 0 aromatic rings. The average molecular weight is 862 g/mol. The van der Waals surface area contributed by atoms with Crippen LogP contribution in [0.1, 0.15) is 126 Å². The van der Waals surface area contributed by atoms with Crippen molar-refractivity contribution in [3.05, 3.63) is 35.5 Å². The summed E-state index contributed by atoms with van der Waals surface area (Å²) in [6.45, 7) is 13.8. The van der Waals surface area contributed by atoms with Gasteiger partial charge >= 0.3 is 5.97 Å². The summed E-state index contributed by atoms with van der Waals surface area (Å²) in [7, 11) is 4.69. The number of cyclic esters (lactones) is 1. The lowest BCUT2D eigenvalue weighted by molar-refractivity contribution is -0.346. The third-order valence-electron chi connectivity index (χ3n) is 13.8. The first-order valence-electron chi connectivity index (χ1n) is 22.9. The van der Waals surface area contributed by atoms with E-state index in [2.05, 4.69) is 26.8 Å².